The zero-order valence-corrected chi connectivity index (χ0v) is 14.4. The Balaban J connectivity index is 0.000000671. The van der Waals surface area contributed by atoms with Crippen LogP contribution in [0.3, 0.4) is 0 Å². The number of aliphatic hydroxyl groups excluding tert-OH is 2. The second-order valence-corrected chi connectivity index (χ2v) is 5.14. The van der Waals surface area contributed by atoms with Gasteiger partial charge in [0.1, 0.15) is 0 Å². The van der Waals surface area contributed by atoms with Gasteiger partial charge in [-0.15, -0.1) is 0 Å². The zero-order valence-electron chi connectivity index (χ0n) is 14.4. The van der Waals surface area contributed by atoms with Gasteiger partial charge in [0.25, 0.3) is 0 Å². The number of rotatable bonds is 4. The van der Waals surface area contributed by atoms with Crippen molar-refractivity contribution >= 4 is 0 Å². The topological polar surface area (TPSA) is 40.5 Å². The summed E-state index contributed by atoms with van der Waals surface area (Å²) in [5, 5.41) is 14.0. The third kappa shape index (κ3) is 6.78. The maximum Gasteiger partial charge on any atom is 0.0319 e. The number of aliphatic hydroxyl groups is 2. The summed E-state index contributed by atoms with van der Waals surface area (Å²) in [5.74, 6) is 0. The summed E-state index contributed by atoms with van der Waals surface area (Å²) in [6, 6.07) is 30.2. The van der Waals surface area contributed by atoms with Gasteiger partial charge in [-0.2, -0.15) is 0 Å². The van der Waals surface area contributed by atoms with E-state index in [4.69, 9.17) is 10.2 Å². The summed E-state index contributed by atoms with van der Waals surface area (Å²) in [6.07, 6.45) is 2.01. The van der Waals surface area contributed by atoms with E-state index >= 15 is 0 Å². The Morgan fingerprint density at radius 1 is 0.417 bits per heavy atom. The van der Waals surface area contributed by atoms with E-state index in [0.29, 0.717) is 0 Å². The lowest BCUT2D eigenvalue weighted by molar-refractivity contribution is 0.399. The van der Waals surface area contributed by atoms with Gasteiger partial charge in [-0.25, -0.2) is 0 Å². The van der Waals surface area contributed by atoms with Gasteiger partial charge in [0.05, 0.1) is 0 Å². The van der Waals surface area contributed by atoms with Crippen molar-refractivity contribution in [2.24, 2.45) is 0 Å². The molecule has 3 aromatic carbocycles. The van der Waals surface area contributed by atoms with Gasteiger partial charge in [0.15, 0.2) is 0 Å². The van der Waals surface area contributed by atoms with Crippen molar-refractivity contribution in [3.8, 4) is 0 Å². The Kier molecular flexibility index (Phi) is 9.86. The fraction of sp³-hybridized carbons (Fsp3) is 0.182. The van der Waals surface area contributed by atoms with Gasteiger partial charge in [-0.05, 0) is 35.1 Å². The van der Waals surface area contributed by atoms with Crippen LogP contribution in [0.4, 0.5) is 0 Å². The Morgan fingerprint density at radius 3 is 0.958 bits per heavy atom. The molecule has 0 radical (unpaired) electrons. The van der Waals surface area contributed by atoms with Crippen LogP contribution < -0.4 is 0 Å². The zero-order chi connectivity index (χ0) is 17.6. The fourth-order valence-electron chi connectivity index (χ4n) is 2.44. The molecule has 0 fully saturated rings. The van der Waals surface area contributed by atoms with Crippen LogP contribution in [-0.4, -0.2) is 24.4 Å². The van der Waals surface area contributed by atoms with Crippen molar-refractivity contribution < 1.29 is 10.2 Å². The van der Waals surface area contributed by atoms with E-state index in [0.717, 1.165) is 27.1 Å². The molecule has 0 aliphatic carbocycles. The minimum Gasteiger partial charge on any atom is -0.400 e. The lowest BCUT2D eigenvalue weighted by atomic mass is 10.0. The molecule has 0 bridgehead atoms. The van der Waals surface area contributed by atoms with Crippen LogP contribution in [0.25, 0.3) is 0 Å². The second-order valence-electron chi connectivity index (χ2n) is 5.14. The molecule has 2 N–H and O–H groups in total. The molecule has 0 amide bonds. The molecule has 3 aromatic rings. The Morgan fingerprint density at radius 2 is 0.667 bits per heavy atom. The first-order valence-corrected chi connectivity index (χ1v) is 7.95. The first-order valence-electron chi connectivity index (χ1n) is 7.95. The minimum atomic E-state index is 1.00. The molecule has 0 spiro atoms. The van der Waals surface area contributed by atoms with E-state index in [1.807, 2.05) is 0 Å². The predicted octanol–water partition coefficient (Wildman–Crippen LogP) is 4.09. The van der Waals surface area contributed by atoms with Crippen molar-refractivity contribution in [1.82, 2.24) is 0 Å². The van der Waals surface area contributed by atoms with Crippen molar-refractivity contribution in [2.75, 3.05) is 14.2 Å². The van der Waals surface area contributed by atoms with E-state index in [9.17, 15) is 0 Å². The van der Waals surface area contributed by atoms with E-state index < -0.39 is 0 Å². The predicted molar refractivity (Wildman–Crippen MR) is 101 cm³/mol. The molecule has 3 rings (SSSR count). The van der Waals surface area contributed by atoms with E-state index in [1.54, 1.807) is 0 Å². The van der Waals surface area contributed by atoms with Gasteiger partial charge in [0.2, 0.25) is 0 Å². The summed E-state index contributed by atoms with van der Waals surface area (Å²) in [7, 11) is 2.00. The summed E-state index contributed by atoms with van der Waals surface area (Å²) in [4.78, 5) is 0. The molecule has 0 heterocycles. The maximum atomic E-state index is 7.00. The minimum absolute atomic E-state index is 1.00. The lowest BCUT2D eigenvalue weighted by Crippen LogP contribution is -1.91. The quantitative estimate of drug-likeness (QED) is 0.759. The highest BCUT2D eigenvalue weighted by molar-refractivity contribution is 5.31. The first-order chi connectivity index (χ1) is 11.9. The molecule has 0 unspecified atom stereocenters. The molecule has 0 aromatic heterocycles. The molecule has 0 saturated heterocycles. The van der Waals surface area contributed by atoms with Gasteiger partial charge in [-0.1, -0.05) is 84.9 Å². The molecular weight excluding hydrogens is 296 g/mol. The molecular formula is C22H26O2. The molecule has 2 nitrogen and oxygen atoms in total. The largest absolute Gasteiger partial charge is 0.400 e. The normalized spacial score (nSPS) is 9.17. The van der Waals surface area contributed by atoms with E-state index in [2.05, 4.69) is 84.9 Å². The van der Waals surface area contributed by atoms with Crippen molar-refractivity contribution in [3.05, 3.63) is 107 Å². The molecule has 0 aliphatic heterocycles. The Hall–Kier alpha value is -2.42. The molecule has 0 saturated carbocycles. The molecule has 126 valence electrons. The second kappa shape index (κ2) is 12.1. The molecule has 0 atom stereocenters. The molecule has 24 heavy (non-hydrogen) atoms. The Bertz CT molecular complexity index is 586. The number of hydrogen-bond donors (Lipinski definition) is 2. The maximum absolute atomic E-state index is 7.00. The van der Waals surface area contributed by atoms with Crippen molar-refractivity contribution in [2.45, 2.75) is 12.8 Å². The molecule has 0 aliphatic rings. The Labute approximate surface area is 145 Å². The van der Waals surface area contributed by atoms with Crippen LogP contribution in [0.2, 0.25) is 0 Å². The van der Waals surface area contributed by atoms with Gasteiger partial charge >= 0.3 is 0 Å². The fourth-order valence-corrected chi connectivity index (χ4v) is 2.44. The van der Waals surface area contributed by atoms with Crippen LogP contribution in [0, 0.1) is 0 Å². The van der Waals surface area contributed by atoms with Crippen LogP contribution in [0.5, 0.6) is 0 Å². The standard InChI is InChI=1S/C20H18.2CH4O/c1-3-7-17(8-4-1)15-19-11-13-20(14-12-19)16-18-9-5-2-6-10-18;2*1-2/h1-14H,15-16H2;2*2H,1H3. The van der Waals surface area contributed by atoms with Crippen LogP contribution in [0.15, 0.2) is 84.9 Å². The third-order valence-corrected chi connectivity index (χ3v) is 3.53. The summed E-state index contributed by atoms with van der Waals surface area (Å²) in [6.45, 7) is 0. The van der Waals surface area contributed by atoms with Gasteiger partial charge < -0.3 is 10.2 Å². The van der Waals surface area contributed by atoms with E-state index in [-0.39, 0.29) is 0 Å². The monoisotopic (exact) mass is 322 g/mol. The van der Waals surface area contributed by atoms with Gasteiger partial charge in [0, 0.05) is 14.2 Å². The van der Waals surface area contributed by atoms with E-state index in [1.165, 1.54) is 22.3 Å². The highest BCUT2D eigenvalue weighted by Crippen LogP contribution is 2.13. The van der Waals surface area contributed by atoms with Crippen molar-refractivity contribution in [3.63, 3.8) is 0 Å². The van der Waals surface area contributed by atoms with Gasteiger partial charge in [-0.3, -0.25) is 0 Å². The molecule has 2 heteroatoms. The highest BCUT2D eigenvalue weighted by Gasteiger charge is 1.98. The summed E-state index contributed by atoms with van der Waals surface area (Å²) >= 11 is 0. The lowest BCUT2D eigenvalue weighted by Gasteiger charge is -2.05. The number of hydrogen-bond acceptors (Lipinski definition) is 2. The van der Waals surface area contributed by atoms with Crippen LogP contribution in [0.1, 0.15) is 22.3 Å². The number of benzene rings is 3. The SMILES string of the molecule is CO.CO.c1ccc(Cc2ccc(Cc3ccccc3)cc2)cc1. The average molecular weight is 322 g/mol. The van der Waals surface area contributed by atoms with Crippen LogP contribution in [-0.2, 0) is 12.8 Å². The van der Waals surface area contributed by atoms with Crippen molar-refractivity contribution in [1.29, 1.82) is 0 Å². The summed E-state index contributed by atoms with van der Waals surface area (Å²) in [5.41, 5.74) is 5.47. The van der Waals surface area contributed by atoms with Crippen LogP contribution >= 0.6 is 0 Å². The summed E-state index contributed by atoms with van der Waals surface area (Å²) < 4.78 is 0. The smallest absolute Gasteiger partial charge is 0.0319 e. The average Bonchev–Trinajstić information content (AvgIpc) is 2.68. The third-order valence-electron chi connectivity index (χ3n) is 3.53. The highest BCUT2D eigenvalue weighted by atomic mass is 16.2. The first kappa shape index (κ1) is 19.6.